The number of hydrogen-bond donors (Lipinski definition) is 1. The number of fused-ring (bicyclic) bond motifs is 1. The van der Waals surface area contributed by atoms with E-state index >= 15 is 0 Å². The molecule has 25 heavy (non-hydrogen) atoms. The van der Waals surface area contributed by atoms with Gasteiger partial charge in [-0.2, -0.15) is 0 Å². The maximum Gasteiger partial charge on any atom is 0.260 e. The van der Waals surface area contributed by atoms with Crippen LogP contribution < -0.4 is 15.6 Å². The van der Waals surface area contributed by atoms with E-state index in [1.807, 2.05) is 42.5 Å². The highest BCUT2D eigenvalue weighted by Gasteiger charge is 2.15. The van der Waals surface area contributed by atoms with E-state index < -0.39 is 6.10 Å². The van der Waals surface area contributed by atoms with Gasteiger partial charge in [-0.3, -0.25) is 14.2 Å². The van der Waals surface area contributed by atoms with Crippen LogP contribution in [0.4, 0.5) is 0 Å². The highest BCUT2D eigenvalue weighted by Crippen LogP contribution is 2.25. The van der Waals surface area contributed by atoms with Crippen LogP contribution in [-0.4, -0.2) is 28.1 Å². The number of amides is 1. The third kappa shape index (κ3) is 4.03. The van der Waals surface area contributed by atoms with Crippen molar-refractivity contribution in [1.82, 2.24) is 14.9 Å². The van der Waals surface area contributed by atoms with Crippen molar-refractivity contribution in [2.24, 2.45) is 0 Å². The number of hydrogen-bond acceptors (Lipinski definition) is 4. The van der Waals surface area contributed by atoms with E-state index in [0.717, 1.165) is 10.8 Å². The molecule has 0 radical (unpaired) electrons. The molecule has 0 fully saturated rings. The van der Waals surface area contributed by atoms with Crippen molar-refractivity contribution in [3.63, 3.8) is 0 Å². The highest BCUT2D eigenvalue weighted by molar-refractivity contribution is 5.89. The summed E-state index contributed by atoms with van der Waals surface area (Å²) in [5.41, 5.74) is -0.149. The minimum atomic E-state index is -0.642. The van der Waals surface area contributed by atoms with E-state index in [9.17, 15) is 9.59 Å². The lowest BCUT2D eigenvalue weighted by Crippen LogP contribution is -2.38. The molecule has 1 unspecified atom stereocenters. The first-order chi connectivity index (χ1) is 12.1. The zero-order chi connectivity index (χ0) is 17.6. The smallest absolute Gasteiger partial charge is 0.260 e. The Hall–Kier alpha value is -3.15. The molecule has 1 amide bonds. The number of benzene rings is 2. The van der Waals surface area contributed by atoms with Gasteiger partial charge in [0.25, 0.3) is 11.5 Å². The van der Waals surface area contributed by atoms with Gasteiger partial charge in [-0.25, -0.2) is 4.98 Å². The fourth-order valence-corrected chi connectivity index (χ4v) is 2.53. The summed E-state index contributed by atoms with van der Waals surface area (Å²) in [4.78, 5) is 27.7. The second-order valence-corrected chi connectivity index (χ2v) is 5.64. The summed E-state index contributed by atoms with van der Waals surface area (Å²) in [6, 6.07) is 15.0. The number of rotatable bonds is 6. The predicted octanol–water partition coefficient (Wildman–Crippen LogP) is 1.98. The van der Waals surface area contributed by atoms with Gasteiger partial charge in [0.05, 0.1) is 6.33 Å². The molecular formula is C19H19N3O3. The fourth-order valence-electron chi connectivity index (χ4n) is 2.53. The first-order valence-corrected chi connectivity index (χ1v) is 8.08. The van der Waals surface area contributed by atoms with Crippen molar-refractivity contribution >= 4 is 16.7 Å². The van der Waals surface area contributed by atoms with Gasteiger partial charge >= 0.3 is 0 Å². The minimum absolute atomic E-state index is 0.149. The number of carbonyl (C=O) groups is 1. The Labute approximate surface area is 145 Å². The lowest BCUT2D eigenvalue weighted by atomic mass is 10.1. The Morgan fingerprint density at radius 3 is 2.84 bits per heavy atom. The first-order valence-electron chi connectivity index (χ1n) is 8.08. The molecule has 6 heteroatoms. The van der Waals surface area contributed by atoms with Gasteiger partial charge < -0.3 is 10.1 Å². The van der Waals surface area contributed by atoms with E-state index in [-0.39, 0.29) is 11.5 Å². The quantitative estimate of drug-likeness (QED) is 0.746. The molecule has 0 spiro atoms. The van der Waals surface area contributed by atoms with Crippen LogP contribution in [0.2, 0.25) is 0 Å². The number of nitrogens with one attached hydrogen (secondary N) is 1. The van der Waals surface area contributed by atoms with Crippen LogP contribution in [0, 0.1) is 0 Å². The molecule has 1 atom stereocenters. The van der Waals surface area contributed by atoms with E-state index in [4.69, 9.17) is 4.74 Å². The van der Waals surface area contributed by atoms with Crippen LogP contribution >= 0.6 is 0 Å². The monoisotopic (exact) mass is 337 g/mol. The molecule has 1 heterocycles. The molecule has 6 nitrogen and oxygen atoms in total. The van der Waals surface area contributed by atoms with Gasteiger partial charge in [-0.05, 0) is 18.4 Å². The number of nitrogens with zero attached hydrogens (tertiary/aromatic N) is 2. The summed E-state index contributed by atoms with van der Waals surface area (Å²) >= 11 is 0. The predicted molar refractivity (Wildman–Crippen MR) is 95.5 cm³/mol. The van der Waals surface area contributed by atoms with Crippen molar-refractivity contribution in [2.45, 2.75) is 19.6 Å². The van der Waals surface area contributed by atoms with Crippen LogP contribution in [0.25, 0.3) is 10.8 Å². The summed E-state index contributed by atoms with van der Waals surface area (Å²) in [6.07, 6.45) is 2.25. The lowest BCUT2D eigenvalue weighted by molar-refractivity contribution is -0.127. The van der Waals surface area contributed by atoms with Gasteiger partial charge in [0.1, 0.15) is 5.75 Å². The lowest BCUT2D eigenvalue weighted by Gasteiger charge is -2.16. The third-order valence-corrected chi connectivity index (χ3v) is 3.87. The molecule has 0 saturated heterocycles. The fraction of sp³-hybridized carbons (Fsp3) is 0.211. The molecule has 3 aromatic rings. The summed E-state index contributed by atoms with van der Waals surface area (Å²) in [6.45, 7) is 2.39. The Morgan fingerprint density at radius 1 is 1.20 bits per heavy atom. The number of carbonyl (C=O) groups excluding carboxylic acids is 1. The molecule has 0 saturated carbocycles. The second-order valence-electron chi connectivity index (χ2n) is 5.64. The van der Waals surface area contributed by atoms with Crippen molar-refractivity contribution in [3.8, 4) is 5.75 Å². The minimum Gasteiger partial charge on any atom is -0.480 e. The molecule has 3 rings (SSSR count). The van der Waals surface area contributed by atoms with Gasteiger partial charge in [0, 0.05) is 30.7 Å². The van der Waals surface area contributed by atoms with Crippen molar-refractivity contribution in [1.29, 1.82) is 0 Å². The van der Waals surface area contributed by atoms with Gasteiger partial charge in [-0.15, -0.1) is 0 Å². The van der Waals surface area contributed by atoms with Crippen LogP contribution in [0.1, 0.15) is 6.92 Å². The van der Waals surface area contributed by atoms with Crippen molar-refractivity contribution in [3.05, 3.63) is 71.4 Å². The van der Waals surface area contributed by atoms with Crippen LogP contribution in [0.5, 0.6) is 5.75 Å². The molecule has 1 N–H and O–H groups in total. The van der Waals surface area contributed by atoms with Crippen molar-refractivity contribution < 1.29 is 9.53 Å². The standard InChI is InChI=1S/C19H19N3O3/c1-14(19(24)21-11-12-22-13-20-10-9-18(22)23)25-17-8-4-6-15-5-2-3-7-16(15)17/h2-10,13-14H,11-12H2,1H3,(H,21,24). The zero-order valence-electron chi connectivity index (χ0n) is 13.9. The Bertz CT molecular complexity index is 931. The summed E-state index contributed by atoms with van der Waals surface area (Å²) in [7, 11) is 0. The maximum atomic E-state index is 12.2. The van der Waals surface area contributed by atoms with Gasteiger partial charge in [-0.1, -0.05) is 36.4 Å². The first kappa shape index (κ1) is 16.7. The third-order valence-electron chi connectivity index (χ3n) is 3.87. The van der Waals surface area contributed by atoms with E-state index in [1.54, 1.807) is 6.92 Å². The molecule has 2 aromatic carbocycles. The summed E-state index contributed by atoms with van der Waals surface area (Å²) < 4.78 is 7.26. The van der Waals surface area contributed by atoms with Gasteiger partial charge in [0.15, 0.2) is 6.10 Å². The highest BCUT2D eigenvalue weighted by atomic mass is 16.5. The van der Waals surface area contributed by atoms with E-state index in [0.29, 0.717) is 18.8 Å². The molecular weight excluding hydrogens is 318 g/mol. The number of ether oxygens (including phenoxy) is 1. The van der Waals surface area contributed by atoms with E-state index in [1.165, 1.54) is 23.2 Å². The number of aromatic nitrogens is 2. The largest absolute Gasteiger partial charge is 0.480 e. The average molecular weight is 337 g/mol. The molecule has 1 aromatic heterocycles. The van der Waals surface area contributed by atoms with Gasteiger partial charge in [0.2, 0.25) is 0 Å². The normalized spacial score (nSPS) is 11.9. The Balaban J connectivity index is 1.59. The Morgan fingerprint density at radius 2 is 2.00 bits per heavy atom. The topological polar surface area (TPSA) is 73.2 Å². The maximum absolute atomic E-state index is 12.2. The molecule has 0 bridgehead atoms. The van der Waals surface area contributed by atoms with E-state index in [2.05, 4.69) is 10.3 Å². The molecule has 0 aliphatic rings. The van der Waals surface area contributed by atoms with Crippen LogP contribution in [-0.2, 0) is 11.3 Å². The molecule has 0 aliphatic heterocycles. The zero-order valence-corrected chi connectivity index (χ0v) is 13.9. The van der Waals surface area contributed by atoms with Crippen LogP contribution in [0.3, 0.4) is 0 Å². The average Bonchev–Trinajstić information content (AvgIpc) is 2.63. The second kappa shape index (κ2) is 7.61. The summed E-state index contributed by atoms with van der Waals surface area (Å²) in [5.74, 6) is 0.439. The summed E-state index contributed by atoms with van der Waals surface area (Å²) in [5, 5.41) is 4.80. The van der Waals surface area contributed by atoms with Crippen LogP contribution in [0.15, 0.2) is 65.8 Å². The Kier molecular flexibility index (Phi) is 5.09. The molecule has 128 valence electrons. The molecule has 0 aliphatic carbocycles. The van der Waals surface area contributed by atoms with Crippen molar-refractivity contribution in [2.75, 3.05) is 6.54 Å². The SMILES string of the molecule is CC(Oc1cccc2ccccc12)C(=O)NCCn1cnccc1=O.